The van der Waals surface area contributed by atoms with Crippen molar-refractivity contribution in [3.05, 3.63) is 17.7 Å². The lowest BCUT2D eigenvalue weighted by Gasteiger charge is -2.24. The zero-order valence-electron chi connectivity index (χ0n) is 11.4. The number of nitrogens with zero attached hydrogens (tertiary/aromatic N) is 2. The van der Waals surface area contributed by atoms with Gasteiger partial charge in [0.05, 0.1) is 5.69 Å². The monoisotopic (exact) mass is 264 g/mol. The Hall–Kier alpha value is -1.85. The van der Waals surface area contributed by atoms with Crippen LogP contribution in [0.5, 0.6) is 0 Å². The molecule has 1 atom stereocenters. The minimum Gasteiger partial charge on any atom is -0.356 e. The van der Waals surface area contributed by atoms with Gasteiger partial charge in [0, 0.05) is 45.1 Å². The predicted octanol–water partition coefficient (Wildman–Crippen LogP) is 0.149. The van der Waals surface area contributed by atoms with Crippen LogP contribution in [0.3, 0.4) is 0 Å². The number of rotatable bonds is 4. The molecule has 0 fully saturated rings. The average molecular weight is 264 g/mol. The Morgan fingerprint density at radius 2 is 2.32 bits per heavy atom. The lowest BCUT2D eigenvalue weighted by Crippen LogP contribution is -2.41. The summed E-state index contributed by atoms with van der Waals surface area (Å²) in [7, 11) is 0. The van der Waals surface area contributed by atoms with Crippen molar-refractivity contribution in [3.8, 4) is 0 Å². The summed E-state index contributed by atoms with van der Waals surface area (Å²) in [5.41, 5.74) is 1.02. The maximum atomic E-state index is 11.7. The van der Waals surface area contributed by atoms with E-state index >= 15 is 0 Å². The number of hydrogen-bond donors (Lipinski definition) is 2. The summed E-state index contributed by atoms with van der Waals surface area (Å²) in [5, 5.41) is 5.62. The quantitative estimate of drug-likeness (QED) is 0.812. The largest absolute Gasteiger partial charge is 0.356 e. The Labute approximate surface area is 112 Å². The van der Waals surface area contributed by atoms with Crippen molar-refractivity contribution in [1.29, 1.82) is 0 Å². The van der Waals surface area contributed by atoms with Crippen molar-refractivity contribution in [2.45, 2.75) is 45.7 Å². The van der Waals surface area contributed by atoms with Gasteiger partial charge >= 0.3 is 0 Å². The third kappa shape index (κ3) is 3.81. The van der Waals surface area contributed by atoms with Crippen LogP contribution in [0.15, 0.2) is 6.20 Å². The second-order valence-electron chi connectivity index (χ2n) is 4.99. The fraction of sp³-hybridized carbons (Fsp3) is 0.615. The highest BCUT2D eigenvalue weighted by Crippen LogP contribution is 2.14. The Kier molecular flexibility index (Phi) is 4.19. The molecule has 0 spiro atoms. The molecule has 2 amide bonds. The zero-order chi connectivity index (χ0) is 13.8. The summed E-state index contributed by atoms with van der Waals surface area (Å²) in [6.07, 6.45) is 4.16. The highest BCUT2D eigenvalue weighted by atomic mass is 16.2. The molecule has 104 valence electrons. The number of hydrogen-bond acceptors (Lipinski definition) is 3. The van der Waals surface area contributed by atoms with Gasteiger partial charge in [-0.2, -0.15) is 0 Å². The van der Waals surface area contributed by atoms with Crippen LogP contribution in [0.1, 0.15) is 31.3 Å². The first-order chi connectivity index (χ1) is 9.04. The highest BCUT2D eigenvalue weighted by Gasteiger charge is 2.20. The van der Waals surface area contributed by atoms with E-state index in [4.69, 9.17) is 0 Å². The van der Waals surface area contributed by atoms with E-state index < -0.39 is 0 Å². The molecular formula is C13H20N4O2. The van der Waals surface area contributed by atoms with Crippen molar-refractivity contribution in [3.63, 3.8) is 0 Å². The number of imidazole rings is 1. The predicted molar refractivity (Wildman–Crippen MR) is 70.5 cm³/mol. The van der Waals surface area contributed by atoms with Crippen molar-refractivity contribution in [2.24, 2.45) is 0 Å². The van der Waals surface area contributed by atoms with E-state index in [1.165, 1.54) is 6.92 Å². The summed E-state index contributed by atoms with van der Waals surface area (Å²) in [5.74, 6) is 0.976. The van der Waals surface area contributed by atoms with E-state index in [1.807, 2.05) is 13.1 Å². The number of aryl methyl sites for hydroxylation is 2. The van der Waals surface area contributed by atoms with E-state index in [1.54, 1.807) is 0 Å². The first-order valence-corrected chi connectivity index (χ1v) is 6.61. The fourth-order valence-electron chi connectivity index (χ4n) is 2.36. The molecule has 1 aromatic rings. The zero-order valence-corrected chi connectivity index (χ0v) is 11.4. The van der Waals surface area contributed by atoms with Gasteiger partial charge in [0.1, 0.15) is 5.82 Å². The molecule has 2 heterocycles. The van der Waals surface area contributed by atoms with E-state index in [0.29, 0.717) is 13.0 Å². The number of carbonyl (C=O) groups excluding carboxylic acids is 2. The van der Waals surface area contributed by atoms with Crippen LogP contribution in [0.25, 0.3) is 0 Å². The molecule has 0 aromatic carbocycles. The topological polar surface area (TPSA) is 76.0 Å². The van der Waals surface area contributed by atoms with Gasteiger partial charge in [-0.25, -0.2) is 4.98 Å². The molecule has 1 aliphatic rings. The first-order valence-electron chi connectivity index (χ1n) is 6.61. The lowest BCUT2D eigenvalue weighted by molar-refractivity contribution is -0.122. The molecule has 0 saturated carbocycles. The molecule has 2 N–H and O–H groups in total. The number of amides is 2. The first kappa shape index (κ1) is 13.6. The van der Waals surface area contributed by atoms with Crippen LogP contribution >= 0.6 is 0 Å². The molecule has 6 heteroatoms. The van der Waals surface area contributed by atoms with E-state index in [-0.39, 0.29) is 17.9 Å². The number of carbonyl (C=O) groups is 2. The number of nitrogens with one attached hydrogen (secondary N) is 2. The lowest BCUT2D eigenvalue weighted by atomic mass is 10.1. The van der Waals surface area contributed by atoms with Gasteiger partial charge < -0.3 is 15.2 Å². The van der Waals surface area contributed by atoms with Gasteiger partial charge in [-0.15, -0.1) is 0 Å². The van der Waals surface area contributed by atoms with Crippen LogP contribution in [-0.4, -0.2) is 34.0 Å². The number of fused-ring (bicyclic) bond motifs is 1. The smallest absolute Gasteiger partial charge is 0.222 e. The molecule has 1 aromatic heterocycles. The minimum absolute atomic E-state index is 0.0148. The van der Waals surface area contributed by atoms with Crippen molar-refractivity contribution in [1.82, 2.24) is 20.2 Å². The molecule has 1 aliphatic heterocycles. The van der Waals surface area contributed by atoms with Crippen molar-refractivity contribution >= 4 is 11.8 Å². The van der Waals surface area contributed by atoms with Crippen LogP contribution < -0.4 is 10.6 Å². The Balaban J connectivity index is 1.78. The molecule has 19 heavy (non-hydrogen) atoms. The van der Waals surface area contributed by atoms with Gasteiger partial charge in [-0.1, -0.05) is 0 Å². The minimum atomic E-state index is -0.107. The summed E-state index contributed by atoms with van der Waals surface area (Å²) in [6.45, 7) is 4.60. The molecular weight excluding hydrogens is 244 g/mol. The molecule has 0 saturated heterocycles. The normalized spacial score (nSPS) is 17.7. The maximum absolute atomic E-state index is 11.7. The van der Waals surface area contributed by atoms with Crippen LogP contribution in [0.2, 0.25) is 0 Å². The number of aromatic nitrogens is 2. The molecule has 0 unspecified atom stereocenters. The summed E-state index contributed by atoms with van der Waals surface area (Å²) >= 11 is 0. The van der Waals surface area contributed by atoms with Gasteiger partial charge in [-0.3, -0.25) is 9.59 Å². The molecule has 0 radical (unpaired) electrons. The summed E-state index contributed by atoms with van der Waals surface area (Å²) in [6, 6.07) is 0.158. The van der Waals surface area contributed by atoms with Gasteiger partial charge in [0.25, 0.3) is 0 Å². The maximum Gasteiger partial charge on any atom is 0.222 e. The van der Waals surface area contributed by atoms with Crippen LogP contribution in [0.4, 0.5) is 0 Å². The third-order valence-electron chi connectivity index (χ3n) is 3.20. The highest BCUT2D eigenvalue weighted by molar-refractivity contribution is 5.78. The average Bonchev–Trinajstić information content (AvgIpc) is 2.67. The summed E-state index contributed by atoms with van der Waals surface area (Å²) < 4.78 is 2.11. The van der Waals surface area contributed by atoms with E-state index in [0.717, 1.165) is 30.9 Å². The molecule has 2 rings (SSSR count). The van der Waals surface area contributed by atoms with Crippen molar-refractivity contribution in [2.75, 3.05) is 6.54 Å². The van der Waals surface area contributed by atoms with E-state index in [9.17, 15) is 9.59 Å². The van der Waals surface area contributed by atoms with Crippen LogP contribution in [-0.2, 0) is 22.6 Å². The Morgan fingerprint density at radius 1 is 1.53 bits per heavy atom. The fourth-order valence-corrected chi connectivity index (χ4v) is 2.36. The van der Waals surface area contributed by atoms with Gasteiger partial charge in [0.2, 0.25) is 11.8 Å². The van der Waals surface area contributed by atoms with Crippen LogP contribution in [0, 0.1) is 6.92 Å². The Bertz CT molecular complexity index is 481. The second kappa shape index (κ2) is 5.86. The third-order valence-corrected chi connectivity index (χ3v) is 3.20. The molecule has 6 nitrogen and oxygen atoms in total. The van der Waals surface area contributed by atoms with Gasteiger partial charge in [0.15, 0.2) is 0 Å². The van der Waals surface area contributed by atoms with E-state index in [2.05, 4.69) is 20.2 Å². The molecule has 0 bridgehead atoms. The Morgan fingerprint density at radius 3 is 3.05 bits per heavy atom. The SMILES string of the molecule is CC(=O)NCCC(=O)N[C@H]1CCc2nc(C)cn2C1. The second-order valence-corrected chi connectivity index (χ2v) is 4.99. The molecule has 0 aliphatic carbocycles. The summed E-state index contributed by atoms with van der Waals surface area (Å²) in [4.78, 5) is 26.9. The van der Waals surface area contributed by atoms with Crippen molar-refractivity contribution < 1.29 is 9.59 Å². The van der Waals surface area contributed by atoms with Gasteiger partial charge in [-0.05, 0) is 13.3 Å². The standard InChI is InChI=1S/C13H20N4O2/c1-9-7-17-8-11(3-4-12(17)15-9)16-13(19)5-6-14-10(2)18/h7,11H,3-6,8H2,1-2H3,(H,14,18)(H,16,19)/t11-/m0/s1.